The minimum atomic E-state index is -0.0894. The Morgan fingerprint density at radius 3 is 2.68 bits per heavy atom. The first-order chi connectivity index (χ1) is 13.4. The molecule has 4 rings (SSSR count). The number of carbonyl (C=O) groups excluding carboxylic acids is 2. The Balaban J connectivity index is 1.41. The van der Waals surface area contributed by atoms with Gasteiger partial charge in [0, 0.05) is 17.9 Å². The van der Waals surface area contributed by atoms with Crippen LogP contribution in [0, 0.1) is 29.1 Å². The molecule has 0 radical (unpaired) electrons. The number of nitrogens with one attached hydrogen (secondary N) is 1. The normalized spacial score (nSPS) is 39.5. The molecule has 2 saturated carbocycles. The monoisotopic (exact) mass is 385 g/mol. The van der Waals surface area contributed by atoms with Crippen LogP contribution in [0.3, 0.4) is 0 Å². The summed E-state index contributed by atoms with van der Waals surface area (Å²) >= 11 is 0. The van der Waals surface area contributed by atoms with Crippen molar-refractivity contribution in [3.8, 4) is 5.75 Å². The number of hydrogen-bond donors (Lipinski definition) is 1. The number of hydrogen-bond acceptors (Lipinski definition) is 4. The number of carbonyl (C=O) groups is 2. The number of ether oxygens (including phenoxy) is 2. The molecule has 7 atom stereocenters. The van der Waals surface area contributed by atoms with E-state index in [-0.39, 0.29) is 47.9 Å². The van der Waals surface area contributed by atoms with Gasteiger partial charge >= 0.3 is 5.97 Å². The first-order valence-electron chi connectivity index (χ1n) is 10.6. The van der Waals surface area contributed by atoms with E-state index in [4.69, 9.17) is 9.47 Å². The van der Waals surface area contributed by atoms with E-state index in [2.05, 4.69) is 19.2 Å². The van der Waals surface area contributed by atoms with Crippen molar-refractivity contribution in [3.63, 3.8) is 0 Å². The van der Waals surface area contributed by atoms with Gasteiger partial charge in [0.1, 0.15) is 11.9 Å². The first-order valence-corrected chi connectivity index (χ1v) is 10.6. The molecule has 2 aliphatic carbocycles. The van der Waals surface area contributed by atoms with Crippen LogP contribution in [-0.4, -0.2) is 30.6 Å². The second kappa shape index (κ2) is 7.41. The van der Waals surface area contributed by atoms with Crippen LogP contribution in [-0.2, 0) is 14.3 Å². The molecule has 5 nitrogen and oxygen atoms in total. The minimum absolute atomic E-state index is 0.00322. The van der Waals surface area contributed by atoms with Crippen molar-refractivity contribution in [2.75, 3.05) is 6.61 Å². The van der Waals surface area contributed by atoms with Crippen LogP contribution < -0.4 is 10.1 Å². The van der Waals surface area contributed by atoms with Gasteiger partial charge in [0.2, 0.25) is 0 Å². The van der Waals surface area contributed by atoms with E-state index in [1.54, 1.807) is 0 Å². The number of esters is 1. The van der Waals surface area contributed by atoms with Gasteiger partial charge < -0.3 is 14.8 Å². The highest BCUT2D eigenvalue weighted by molar-refractivity contribution is 5.78. The summed E-state index contributed by atoms with van der Waals surface area (Å²) in [5, 5.41) is 3.19. The molecule has 28 heavy (non-hydrogen) atoms. The van der Waals surface area contributed by atoms with Crippen molar-refractivity contribution >= 4 is 11.9 Å². The average Bonchev–Trinajstić information content (AvgIpc) is 2.97. The molecule has 0 bridgehead atoms. The fourth-order valence-electron chi connectivity index (χ4n) is 5.94. The zero-order chi connectivity index (χ0) is 19.9. The molecule has 1 saturated heterocycles. The summed E-state index contributed by atoms with van der Waals surface area (Å²) in [5.41, 5.74) is 0.187. The molecule has 1 aliphatic heterocycles. The minimum Gasteiger partial charge on any atom is -0.484 e. The fourth-order valence-corrected chi connectivity index (χ4v) is 5.94. The van der Waals surface area contributed by atoms with Crippen molar-refractivity contribution in [1.82, 2.24) is 5.32 Å². The van der Waals surface area contributed by atoms with Crippen LogP contribution >= 0.6 is 0 Å². The molecule has 0 spiro atoms. The van der Waals surface area contributed by atoms with E-state index in [1.165, 1.54) is 0 Å². The summed E-state index contributed by atoms with van der Waals surface area (Å²) in [6.07, 6.45) is 4.23. The summed E-state index contributed by atoms with van der Waals surface area (Å²) in [7, 11) is 0. The van der Waals surface area contributed by atoms with Gasteiger partial charge in [0.25, 0.3) is 5.91 Å². The molecule has 0 aromatic heterocycles. The Labute approximate surface area is 167 Å². The quantitative estimate of drug-likeness (QED) is 0.805. The third kappa shape index (κ3) is 3.40. The number of fused-ring (bicyclic) bond motifs is 3. The van der Waals surface area contributed by atoms with Crippen molar-refractivity contribution < 1.29 is 19.1 Å². The highest BCUT2D eigenvalue weighted by Crippen LogP contribution is 2.57. The van der Waals surface area contributed by atoms with Gasteiger partial charge in [-0.25, -0.2) is 0 Å². The van der Waals surface area contributed by atoms with Crippen molar-refractivity contribution in [2.24, 2.45) is 29.1 Å². The Morgan fingerprint density at radius 2 is 1.93 bits per heavy atom. The second-order valence-electron chi connectivity index (χ2n) is 9.25. The molecule has 1 amide bonds. The lowest BCUT2D eigenvalue weighted by molar-refractivity contribution is -0.154. The van der Waals surface area contributed by atoms with Gasteiger partial charge in [-0.3, -0.25) is 9.59 Å². The SMILES string of the molecule is C[C@H]1[C@@H]2[C@H]3OC(=O)[C@@H](C)[C@@H]3CC[C@@]2(C)CC[C@@H]1NC(=O)COc1ccccc1. The Bertz CT molecular complexity index is 735. The highest BCUT2D eigenvalue weighted by atomic mass is 16.6. The Hall–Kier alpha value is -2.04. The molecular weight excluding hydrogens is 354 g/mol. The standard InChI is InChI=1S/C23H31NO4/c1-14-17-9-11-23(3)12-10-18(15(2)20(23)21(17)28-22(14)26)24-19(25)13-27-16-7-5-4-6-8-16/h4-8,14-15,17-18,20-21H,9-13H2,1-3H3,(H,24,25)/t14-,15+,17-,18-,20+,21-,23-/m0/s1. The predicted molar refractivity (Wildman–Crippen MR) is 106 cm³/mol. The molecule has 1 heterocycles. The lowest BCUT2D eigenvalue weighted by atomic mass is 9.52. The van der Waals surface area contributed by atoms with E-state index in [0.717, 1.165) is 25.7 Å². The van der Waals surface area contributed by atoms with E-state index in [1.807, 2.05) is 37.3 Å². The average molecular weight is 386 g/mol. The molecule has 3 fully saturated rings. The van der Waals surface area contributed by atoms with Crippen LogP contribution in [0.4, 0.5) is 0 Å². The largest absolute Gasteiger partial charge is 0.484 e. The smallest absolute Gasteiger partial charge is 0.309 e. The van der Waals surface area contributed by atoms with Crippen LogP contribution in [0.2, 0.25) is 0 Å². The molecule has 5 heteroatoms. The summed E-state index contributed by atoms with van der Waals surface area (Å²) < 4.78 is 11.5. The topological polar surface area (TPSA) is 64.6 Å². The Morgan fingerprint density at radius 1 is 1.21 bits per heavy atom. The summed E-state index contributed by atoms with van der Waals surface area (Å²) in [5.74, 6) is 1.45. The maximum Gasteiger partial charge on any atom is 0.309 e. The lowest BCUT2D eigenvalue weighted by Crippen LogP contribution is -2.57. The zero-order valence-corrected chi connectivity index (χ0v) is 17.0. The molecule has 152 valence electrons. The lowest BCUT2D eigenvalue weighted by Gasteiger charge is -2.54. The van der Waals surface area contributed by atoms with E-state index >= 15 is 0 Å². The number of benzene rings is 1. The maximum atomic E-state index is 12.5. The van der Waals surface area contributed by atoms with Gasteiger partial charge in [-0.05, 0) is 49.1 Å². The van der Waals surface area contributed by atoms with Gasteiger partial charge in [0.05, 0.1) is 5.92 Å². The summed E-state index contributed by atoms with van der Waals surface area (Å²) in [6, 6.07) is 9.49. The Kier molecular flexibility index (Phi) is 5.11. The van der Waals surface area contributed by atoms with E-state index in [9.17, 15) is 9.59 Å². The highest BCUT2D eigenvalue weighted by Gasteiger charge is 2.58. The first kappa shape index (κ1) is 19.3. The predicted octanol–water partition coefficient (Wildman–Crippen LogP) is 3.57. The molecule has 1 N–H and O–H groups in total. The number of amides is 1. The third-order valence-electron chi connectivity index (χ3n) is 7.58. The molecule has 3 aliphatic rings. The molecule has 1 aromatic rings. The molecular formula is C23H31NO4. The third-order valence-corrected chi connectivity index (χ3v) is 7.58. The second-order valence-corrected chi connectivity index (χ2v) is 9.25. The zero-order valence-electron chi connectivity index (χ0n) is 17.0. The maximum absolute atomic E-state index is 12.5. The van der Waals surface area contributed by atoms with Gasteiger partial charge in [-0.2, -0.15) is 0 Å². The number of rotatable bonds is 4. The van der Waals surface area contributed by atoms with Crippen molar-refractivity contribution in [2.45, 2.75) is 58.6 Å². The van der Waals surface area contributed by atoms with E-state index < -0.39 is 0 Å². The summed E-state index contributed by atoms with van der Waals surface area (Å²) in [4.78, 5) is 24.7. The summed E-state index contributed by atoms with van der Waals surface area (Å²) in [6.45, 7) is 6.58. The fraction of sp³-hybridized carbons (Fsp3) is 0.652. The van der Waals surface area contributed by atoms with Crippen molar-refractivity contribution in [3.05, 3.63) is 30.3 Å². The number of para-hydroxylation sites is 1. The van der Waals surface area contributed by atoms with Gasteiger partial charge in [0.15, 0.2) is 6.61 Å². The van der Waals surface area contributed by atoms with Gasteiger partial charge in [-0.15, -0.1) is 0 Å². The van der Waals surface area contributed by atoms with Crippen LogP contribution in [0.5, 0.6) is 5.75 Å². The molecule has 0 unspecified atom stereocenters. The van der Waals surface area contributed by atoms with Crippen LogP contribution in [0.15, 0.2) is 30.3 Å². The molecule has 1 aromatic carbocycles. The van der Waals surface area contributed by atoms with Crippen LogP contribution in [0.1, 0.15) is 46.5 Å². The van der Waals surface area contributed by atoms with Crippen molar-refractivity contribution in [1.29, 1.82) is 0 Å². The van der Waals surface area contributed by atoms with Crippen LogP contribution in [0.25, 0.3) is 0 Å². The van der Waals surface area contributed by atoms with Gasteiger partial charge in [-0.1, -0.05) is 39.0 Å². The van der Waals surface area contributed by atoms with E-state index in [0.29, 0.717) is 17.6 Å².